The van der Waals surface area contributed by atoms with Crippen LogP contribution < -0.4 is 5.32 Å². The van der Waals surface area contributed by atoms with Crippen molar-refractivity contribution in [3.63, 3.8) is 0 Å². The number of nitrogens with one attached hydrogen (secondary N) is 1. The third-order valence-electron chi connectivity index (χ3n) is 5.83. The largest absolute Gasteiger partial charge is 0.302 e. The maximum atomic E-state index is 13.0. The van der Waals surface area contributed by atoms with Crippen molar-refractivity contribution in [2.24, 2.45) is 0 Å². The molecule has 4 heteroatoms. The smallest absolute Gasteiger partial charge is 0.227 e. The molecule has 1 aromatic heterocycles. The molecule has 1 N–H and O–H groups in total. The van der Waals surface area contributed by atoms with Crippen LogP contribution in [0.4, 0.5) is 5.13 Å². The Kier molecular flexibility index (Phi) is 6.59. The molecule has 0 unspecified atom stereocenters. The van der Waals surface area contributed by atoms with Crippen molar-refractivity contribution < 1.29 is 4.79 Å². The molecule has 3 nitrogen and oxygen atoms in total. The fourth-order valence-electron chi connectivity index (χ4n) is 4.08. The Morgan fingerprint density at radius 3 is 1.76 bits per heavy atom. The van der Waals surface area contributed by atoms with Gasteiger partial charge in [0.05, 0.1) is 5.69 Å². The Bertz CT molecular complexity index is 1310. The van der Waals surface area contributed by atoms with Crippen molar-refractivity contribution in [1.29, 1.82) is 0 Å². The van der Waals surface area contributed by atoms with Gasteiger partial charge in [-0.3, -0.25) is 4.79 Å². The summed E-state index contributed by atoms with van der Waals surface area (Å²) in [6.07, 6.45) is 0.356. The van der Waals surface area contributed by atoms with Gasteiger partial charge in [0, 0.05) is 23.3 Å². The second kappa shape index (κ2) is 10.3. The predicted molar refractivity (Wildman–Crippen MR) is 141 cm³/mol. The van der Waals surface area contributed by atoms with E-state index in [9.17, 15) is 4.79 Å². The summed E-state index contributed by atoms with van der Waals surface area (Å²) >= 11 is 1.45. The van der Waals surface area contributed by atoms with Crippen LogP contribution in [-0.2, 0) is 4.79 Å². The zero-order chi connectivity index (χ0) is 23.2. The van der Waals surface area contributed by atoms with Gasteiger partial charge < -0.3 is 5.32 Å². The Balaban J connectivity index is 1.29. The zero-order valence-electron chi connectivity index (χ0n) is 18.6. The molecule has 166 valence electrons. The summed E-state index contributed by atoms with van der Waals surface area (Å²) in [4.78, 5) is 17.6. The van der Waals surface area contributed by atoms with Gasteiger partial charge in [-0.2, -0.15) is 0 Å². The number of nitrogens with zero attached hydrogens (tertiary/aromatic N) is 1. The average Bonchev–Trinajstić information content (AvgIpc) is 3.37. The topological polar surface area (TPSA) is 42.0 Å². The van der Waals surface area contributed by atoms with E-state index in [1.54, 1.807) is 0 Å². The second-order valence-corrected chi connectivity index (χ2v) is 8.97. The normalized spacial score (nSPS) is 10.9. The van der Waals surface area contributed by atoms with E-state index in [1.165, 1.54) is 22.5 Å². The molecule has 0 aliphatic carbocycles. The highest BCUT2D eigenvalue weighted by atomic mass is 32.1. The third-order valence-corrected chi connectivity index (χ3v) is 6.59. The van der Waals surface area contributed by atoms with Crippen LogP contribution in [0.5, 0.6) is 0 Å². The number of thiazole rings is 1. The number of benzene rings is 4. The summed E-state index contributed by atoms with van der Waals surface area (Å²) in [6.45, 7) is 0. The molecule has 1 amide bonds. The van der Waals surface area contributed by atoms with Crippen molar-refractivity contribution in [2.45, 2.75) is 12.3 Å². The molecular weight excluding hydrogens is 436 g/mol. The van der Waals surface area contributed by atoms with Gasteiger partial charge in [-0.15, -0.1) is 11.3 Å². The summed E-state index contributed by atoms with van der Waals surface area (Å²) in [5.41, 5.74) is 6.50. The van der Waals surface area contributed by atoms with Crippen molar-refractivity contribution in [1.82, 2.24) is 4.98 Å². The van der Waals surface area contributed by atoms with Gasteiger partial charge in [0.1, 0.15) is 0 Å². The molecule has 34 heavy (non-hydrogen) atoms. The highest BCUT2D eigenvalue weighted by Gasteiger charge is 2.19. The molecule has 0 aliphatic heterocycles. The van der Waals surface area contributed by atoms with Gasteiger partial charge in [-0.25, -0.2) is 4.98 Å². The molecule has 5 rings (SSSR count). The fraction of sp³-hybridized carbons (Fsp3) is 0.0667. The SMILES string of the molecule is O=C(CC(c1ccccc1)c1ccccc1)Nc1nc(-c2ccc(-c3ccccc3)cc2)cs1. The number of aromatic nitrogens is 1. The zero-order valence-corrected chi connectivity index (χ0v) is 19.4. The van der Waals surface area contributed by atoms with Crippen LogP contribution in [0.3, 0.4) is 0 Å². The maximum absolute atomic E-state index is 13.0. The van der Waals surface area contributed by atoms with Crippen molar-refractivity contribution >= 4 is 22.4 Å². The van der Waals surface area contributed by atoms with Gasteiger partial charge in [0.2, 0.25) is 5.91 Å². The lowest BCUT2D eigenvalue weighted by Gasteiger charge is -2.17. The predicted octanol–water partition coefficient (Wildman–Crippen LogP) is 7.64. The molecular formula is C30H24N2OS. The first-order valence-corrected chi connectivity index (χ1v) is 12.2. The van der Waals surface area contributed by atoms with E-state index in [0.29, 0.717) is 11.6 Å². The number of anilines is 1. The Morgan fingerprint density at radius 1 is 0.676 bits per heavy atom. The van der Waals surface area contributed by atoms with Crippen LogP contribution in [0.1, 0.15) is 23.5 Å². The summed E-state index contributed by atoms with van der Waals surface area (Å²) in [6, 6.07) is 39.0. The molecule has 0 atom stereocenters. The molecule has 0 saturated heterocycles. The van der Waals surface area contributed by atoms with E-state index in [4.69, 9.17) is 0 Å². The number of rotatable bonds is 7. The number of carbonyl (C=O) groups excluding carboxylic acids is 1. The first kappa shape index (κ1) is 21.8. The number of amides is 1. The minimum atomic E-state index is -0.0435. The fourth-order valence-corrected chi connectivity index (χ4v) is 4.82. The van der Waals surface area contributed by atoms with Crippen LogP contribution in [0.2, 0.25) is 0 Å². The molecule has 0 saturated carbocycles. The molecule has 0 bridgehead atoms. The molecule has 0 radical (unpaired) electrons. The summed E-state index contributed by atoms with van der Waals surface area (Å²) < 4.78 is 0. The third kappa shape index (κ3) is 5.13. The van der Waals surface area contributed by atoms with E-state index < -0.39 is 0 Å². The molecule has 0 fully saturated rings. The summed E-state index contributed by atoms with van der Waals surface area (Å²) in [5, 5.41) is 5.61. The molecule has 1 heterocycles. The van der Waals surface area contributed by atoms with E-state index in [-0.39, 0.29) is 11.8 Å². The number of carbonyl (C=O) groups is 1. The van der Waals surface area contributed by atoms with Gasteiger partial charge in [0.15, 0.2) is 5.13 Å². The van der Waals surface area contributed by atoms with E-state index in [2.05, 4.69) is 71.0 Å². The van der Waals surface area contributed by atoms with E-state index in [1.807, 2.05) is 60.0 Å². The van der Waals surface area contributed by atoms with Crippen molar-refractivity contribution in [2.75, 3.05) is 5.32 Å². The maximum Gasteiger partial charge on any atom is 0.227 e. The standard InChI is InChI=1S/C30H24N2OS/c33-29(20-27(24-12-6-2-7-13-24)25-14-8-3-9-15-25)32-30-31-28(21-34-30)26-18-16-23(17-19-26)22-10-4-1-5-11-22/h1-19,21,27H,20H2,(H,31,32,33). The summed E-state index contributed by atoms with van der Waals surface area (Å²) in [5.74, 6) is -0.0506. The van der Waals surface area contributed by atoms with E-state index in [0.717, 1.165) is 22.4 Å². The quantitative estimate of drug-likeness (QED) is 0.271. The number of hydrogen-bond donors (Lipinski definition) is 1. The highest BCUT2D eigenvalue weighted by Crippen LogP contribution is 2.30. The second-order valence-electron chi connectivity index (χ2n) is 8.11. The van der Waals surface area contributed by atoms with E-state index >= 15 is 0 Å². The van der Waals surface area contributed by atoms with Crippen LogP contribution in [0.25, 0.3) is 22.4 Å². The Hall–Kier alpha value is -4.02. The van der Waals surface area contributed by atoms with Crippen LogP contribution >= 0.6 is 11.3 Å². The Labute approximate surface area is 203 Å². The Morgan fingerprint density at radius 2 is 1.18 bits per heavy atom. The molecule has 0 spiro atoms. The highest BCUT2D eigenvalue weighted by molar-refractivity contribution is 7.14. The lowest BCUT2D eigenvalue weighted by Crippen LogP contribution is -2.16. The average molecular weight is 461 g/mol. The van der Waals surface area contributed by atoms with Gasteiger partial charge in [-0.1, -0.05) is 115 Å². The van der Waals surface area contributed by atoms with Crippen molar-refractivity contribution in [3.8, 4) is 22.4 Å². The monoisotopic (exact) mass is 460 g/mol. The minimum Gasteiger partial charge on any atom is -0.302 e. The van der Waals surface area contributed by atoms with Gasteiger partial charge >= 0.3 is 0 Å². The number of hydrogen-bond acceptors (Lipinski definition) is 3. The van der Waals surface area contributed by atoms with Crippen molar-refractivity contribution in [3.05, 3.63) is 132 Å². The molecule has 5 aromatic rings. The van der Waals surface area contributed by atoms with Crippen LogP contribution in [-0.4, -0.2) is 10.9 Å². The molecule has 4 aromatic carbocycles. The van der Waals surface area contributed by atoms with Gasteiger partial charge in [-0.05, 0) is 22.3 Å². The summed E-state index contributed by atoms with van der Waals surface area (Å²) in [7, 11) is 0. The lowest BCUT2D eigenvalue weighted by molar-refractivity contribution is -0.116. The van der Waals surface area contributed by atoms with Crippen LogP contribution in [0.15, 0.2) is 121 Å². The van der Waals surface area contributed by atoms with Gasteiger partial charge in [0.25, 0.3) is 0 Å². The minimum absolute atomic E-state index is 0.00707. The first-order valence-electron chi connectivity index (χ1n) is 11.3. The van der Waals surface area contributed by atoms with Crippen LogP contribution in [0, 0.1) is 0 Å². The molecule has 0 aliphatic rings. The first-order chi connectivity index (χ1) is 16.8. The lowest BCUT2D eigenvalue weighted by atomic mass is 9.88.